The predicted octanol–water partition coefficient (Wildman–Crippen LogP) is 4.05. The fraction of sp³-hybridized carbons (Fsp3) is 0.250. The molecule has 2 aromatic heterocycles. The first-order chi connectivity index (χ1) is 15.6. The molecular formula is C24H24N6O2. The molecule has 0 spiro atoms. The molecule has 3 heterocycles. The number of carbonyl (C=O) groups is 1. The van der Waals surface area contributed by atoms with Crippen LogP contribution < -0.4 is 10.5 Å². The summed E-state index contributed by atoms with van der Waals surface area (Å²) >= 11 is 0. The Morgan fingerprint density at radius 2 is 1.81 bits per heavy atom. The van der Waals surface area contributed by atoms with Gasteiger partial charge in [-0.1, -0.05) is 18.2 Å². The number of rotatable bonds is 4. The van der Waals surface area contributed by atoms with Gasteiger partial charge < -0.3 is 15.4 Å². The van der Waals surface area contributed by atoms with Crippen molar-refractivity contribution in [2.75, 3.05) is 18.8 Å². The van der Waals surface area contributed by atoms with Crippen molar-refractivity contribution in [2.24, 2.45) is 0 Å². The minimum absolute atomic E-state index is 0.0406. The number of nitrogen functional groups attached to an aromatic ring is 1. The summed E-state index contributed by atoms with van der Waals surface area (Å²) in [5.41, 5.74) is 8.56. The summed E-state index contributed by atoms with van der Waals surface area (Å²) < 4.78 is 7.81. The van der Waals surface area contributed by atoms with Crippen LogP contribution in [0.15, 0.2) is 60.9 Å². The van der Waals surface area contributed by atoms with E-state index in [9.17, 15) is 4.79 Å². The van der Waals surface area contributed by atoms with Crippen molar-refractivity contribution in [1.29, 1.82) is 0 Å². The average molecular weight is 428 g/mol. The number of ether oxygens (including phenoxy) is 1. The number of anilines is 1. The topological polar surface area (TPSA) is 99.2 Å². The highest BCUT2D eigenvalue weighted by Crippen LogP contribution is 2.34. The second-order valence-corrected chi connectivity index (χ2v) is 7.95. The molecule has 5 rings (SSSR count). The summed E-state index contributed by atoms with van der Waals surface area (Å²) in [4.78, 5) is 22.5. The van der Waals surface area contributed by atoms with Gasteiger partial charge in [0.2, 0.25) is 5.91 Å². The Labute approximate surface area is 185 Å². The Morgan fingerprint density at radius 3 is 2.56 bits per heavy atom. The monoisotopic (exact) mass is 428 g/mol. The SMILES string of the molecule is CC(=O)N1CCC[C@@H](n2nc(-c3ccc(Oc4ccccc4)cc3)c3c(N)ncnc32)C1. The zero-order chi connectivity index (χ0) is 22.1. The zero-order valence-corrected chi connectivity index (χ0v) is 17.8. The molecule has 1 aliphatic rings. The van der Waals surface area contributed by atoms with E-state index in [1.54, 1.807) is 6.92 Å². The zero-order valence-electron chi connectivity index (χ0n) is 17.8. The normalized spacial score (nSPS) is 16.3. The van der Waals surface area contributed by atoms with Gasteiger partial charge in [0.1, 0.15) is 29.3 Å². The maximum Gasteiger partial charge on any atom is 0.219 e. The summed E-state index contributed by atoms with van der Waals surface area (Å²) in [6, 6.07) is 17.4. The van der Waals surface area contributed by atoms with Crippen molar-refractivity contribution < 1.29 is 9.53 Å². The molecule has 1 saturated heterocycles. The summed E-state index contributed by atoms with van der Waals surface area (Å²) in [5.74, 6) is 1.98. The molecule has 1 amide bonds. The smallest absolute Gasteiger partial charge is 0.219 e. The lowest BCUT2D eigenvalue weighted by Gasteiger charge is -2.32. The van der Waals surface area contributed by atoms with Gasteiger partial charge in [-0.25, -0.2) is 14.6 Å². The molecule has 4 aromatic rings. The number of carbonyl (C=O) groups excluding carboxylic acids is 1. The fourth-order valence-corrected chi connectivity index (χ4v) is 4.20. The van der Waals surface area contributed by atoms with Crippen molar-refractivity contribution in [3.8, 4) is 22.8 Å². The Morgan fingerprint density at radius 1 is 1.06 bits per heavy atom. The Hall–Kier alpha value is -3.94. The van der Waals surface area contributed by atoms with Crippen LogP contribution in [0.3, 0.4) is 0 Å². The Kier molecular flexibility index (Phi) is 5.18. The van der Waals surface area contributed by atoms with E-state index in [1.807, 2.05) is 64.2 Å². The third-order valence-electron chi connectivity index (χ3n) is 5.81. The van der Waals surface area contributed by atoms with Crippen molar-refractivity contribution in [2.45, 2.75) is 25.8 Å². The third kappa shape index (κ3) is 3.75. The number of nitrogens with two attached hydrogens (primary N) is 1. The lowest BCUT2D eigenvalue weighted by Crippen LogP contribution is -2.39. The molecule has 0 bridgehead atoms. The van der Waals surface area contributed by atoms with E-state index < -0.39 is 0 Å². The molecule has 2 aromatic carbocycles. The van der Waals surface area contributed by atoms with E-state index in [4.69, 9.17) is 15.6 Å². The highest BCUT2D eigenvalue weighted by molar-refractivity contribution is 5.98. The van der Waals surface area contributed by atoms with E-state index >= 15 is 0 Å². The molecule has 0 unspecified atom stereocenters. The van der Waals surface area contributed by atoms with Crippen LogP contribution >= 0.6 is 0 Å². The first-order valence-electron chi connectivity index (χ1n) is 10.7. The van der Waals surface area contributed by atoms with Gasteiger partial charge in [0.05, 0.1) is 11.4 Å². The minimum Gasteiger partial charge on any atom is -0.457 e. The highest BCUT2D eigenvalue weighted by Gasteiger charge is 2.27. The van der Waals surface area contributed by atoms with Crippen LogP contribution in [0.4, 0.5) is 5.82 Å². The maximum absolute atomic E-state index is 11.9. The number of benzene rings is 2. The second-order valence-electron chi connectivity index (χ2n) is 7.95. The number of likely N-dealkylation sites (tertiary alicyclic amines) is 1. The molecule has 1 aliphatic heterocycles. The number of nitrogens with zero attached hydrogens (tertiary/aromatic N) is 5. The largest absolute Gasteiger partial charge is 0.457 e. The minimum atomic E-state index is 0.0406. The number of hydrogen-bond acceptors (Lipinski definition) is 6. The predicted molar refractivity (Wildman–Crippen MR) is 122 cm³/mol. The van der Waals surface area contributed by atoms with Crippen molar-refractivity contribution in [3.63, 3.8) is 0 Å². The molecule has 8 heteroatoms. The molecule has 8 nitrogen and oxygen atoms in total. The number of aromatic nitrogens is 4. The number of para-hydroxylation sites is 1. The quantitative estimate of drug-likeness (QED) is 0.526. The standard InChI is InChI=1S/C24H24N6O2/c1-16(31)29-13-5-6-18(14-29)30-24-21(23(25)26-15-27-24)22(28-30)17-9-11-20(12-10-17)32-19-7-3-2-4-8-19/h2-4,7-12,15,18H,5-6,13-14H2,1H3,(H2,25,26,27)/t18-/m1/s1. The van der Waals surface area contributed by atoms with Gasteiger partial charge in [-0.05, 0) is 49.2 Å². The van der Waals surface area contributed by atoms with Gasteiger partial charge >= 0.3 is 0 Å². The second kappa shape index (κ2) is 8.30. The van der Waals surface area contributed by atoms with Crippen LogP contribution in [-0.4, -0.2) is 43.6 Å². The molecule has 0 saturated carbocycles. The molecule has 1 fully saturated rings. The van der Waals surface area contributed by atoms with Crippen molar-refractivity contribution >= 4 is 22.8 Å². The first-order valence-corrected chi connectivity index (χ1v) is 10.7. The van der Waals surface area contributed by atoms with Crippen LogP contribution in [0.1, 0.15) is 25.8 Å². The molecule has 2 N–H and O–H groups in total. The van der Waals surface area contributed by atoms with Gasteiger partial charge in [-0.15, -0.1) is 0 Å². The van der Waals surface area contributed by atoms with E-state index in [-0.39, 0.29) is 11.9 Å². The van der Waals surface area contributed by atoms with Gasteiger partial charge in [0.25, 0.3) is 0 Å². The summed E-state index contributed by atoms with van der Waals surface area (Å²) in [6.45, 7) is 2.99. The van der Waals surface area contributed by atoms with Crippen LogP contribution in [0.25, 0.3) is 22.3 Å². The number of hydrogen-bond donors (Lipinski definition) is 1. The number of fused-ring (bicyclic) bond motifs is 1. The molecule has 0 radical (unpaired) electrons. The van der Waals surface area contributed by atoms with Crippen LogP contribution in [0, 0.1) is 0 Å². The average Bonchev–Trinajstić information content (AvgIpc) is 3.21. The highest BCUT2D eigenvalue weighted by atomic mass is 16.5. The molecule has 162 valence electrons. The van der Waals surface area contributed by atoms with E-state index in [2.05, 4.69) is 9.97 Å². The lowest BCUT2D eigenvalue weighted by molar-refractivity contribution is -0.130. The summed E-state index contributed by atoms with van der Waals surface area (Å²) in [7, 11) is 0. The van der Waals surface area contributed by atoms with Crippen molar-refractivity contribution in [3.05, 3.63) is 60.9 Å². The molecule has 0 aliphatic carbocycles. The Balaban J connectivity index is 1.51. The third-order valence-corrected chi connectivity index (χ3v) is 5.81. The van der Waals surface area contributed by atoms with Gasteiger partial charge in [-0.3, -0.25) is 4.79 Å². The van der Waals surface area contributed by atoms with E-state index in [1.165, 1.54) is 6.33 Å². The number of amides is 1. The van der Waals surface area contributed by atoms with Gasteiger partial charge in [-0.2, -0.15) is 5.10 Å². The van der Waals surface area contributed by atoms with E-state index in [0.717, 1.165) is 47.5 Å². The maximum atomic E-state index is 11.9. The van der Waals surface area contributed by atoms with Crippen molar-refractivity contribution in [1.82, 2.24) is 24.6 Å². The van der Waals surface area contributed by atoms with Crippen LogP contribution in [0.5, 0.6) is 11.5 Å². The molecule has 32 heavy (non-hydrogen) atoms. The number of piperidine rings is 1. The van der Waals surface area contributed by atoms with Crippen LogP contribution in [-0.2, 0) is 4.79 Å². The van der Waals surface area contributed by atoms with E-state index in [0.29, 0.717) is 18.0 Å². The lowest BCUT2D eigenvalue weighted by atomic mass is 10.1. The van der Waals surface area contributed by atoms with Crippen LogP contribution in [0.2, 0.25) is 0 Å². The van der Waals surface area contributed by atoms with Gasteiger partial charge in [0, 0.05) is 25.6 Å². The summed E-state index contributed by atoms with van der Waals surface area (Å²) in [5, 5.41) is 5.63. The first kappa shape index (κ1) is 20.0. The molecular weight excluding hydrogens is 404 g/mol. The molecule has 1 atom stereocenters. The Bertz CT molecular complexity index is 1250. The van der Waals surface area contributed by atoms with Gasteiger partial charge in [0.15, 0.2) is 5.65 Å². The fourth-order valence-electron chi connectivity index (χ4n) is 4.20. The summed E-state index contributed by atoms with van der Waals surface area (Å²) in [6.07, 6.45) is 3.31.